The van der Waals surface area contributed by atoms with Crippen molar-refractivity contribution in [3.8, 4) is 5.75 Å². The van der Waals surface area contributed by atoms with Gasteiger partial charge in [0.2, 0.25) is 5.43 Å². The lowest BCUT2D eigenvalue weighted by Gasteiger charge is -2.45. The molecule has 0 bridgehead atoms. The minimum atomic E-state index is -4.54. The summed E-state index contributed by atoms with van der Waals surface area (Å²) in [6, 6.07) is 8.24. The number of ether oxygens (including phenoxy) is 1. The highest BCUT2D eigenvalue weighted by Gasteiger charge is 2.54. The average Bonchev–Trinajstić information content (AvgIpc) is 2.80. The number of nitrogens with one attached hydrogen (secondary N) is 3. The maximum Gasteiger partial charge on any atom is 0.435 e. The molecule has 14 heteroatoms. The van der Waals surface area contributed by atoms with Crippen LogP contribution in [0.4, 0.5) is 4.79 Å². The molecule has 1 aliphatic rings. The molecule has 3 amide bonds. The van der Waals surface area contributed by atoms with Gasteiger partial charge in [0.15, 0.2) is 5.75 Å². The molecule has 0 radical (unpaired) electrons. The third-order valence-corrected chi connectivity index (χ3v) is 6.54. The van der Waals surface area contributed by atoms with Gasteiger partial charge in [-0.1, -0.05) is 30.3 Å². The van der Waals surface area contributed by atoms with E-state index < -0.39 is 49.8 Å². The van der Waals surface area contributed by atoms with E-state index in [0.29, 0.717) is 4.67 Å². The zero-order valence-electron chi connectivity index (χ0n) is 18.0. The molecule has 0 aliphatic carbocycles. The number of H-pyrrole nitrogens is 1. The van der Waals surface area contributed by atoms with Crippen molar-refractivity contribution in [2.75, 3.05) is 13.2 Å². The minimum Gasteiger partial charge on any atom is -0.483 e. The number of rotatable bonds is 10. The van der Waals surface area contributed by atoms with Gasteiger partial charge in [0.1, 0.15) is 18.3 Å². The monoisotopic (exact) mass is 494 g/mol. The molecular formula is C20H23N4O9P. The van der Waals surface area contributed by atoms with Crippen molar-refractivity contribution < 1.29 is 38.2 Å². The number of hydrogen-bond donors (Lipinski definition) is 5. The second-order valence-electron chi connectivity index (χ2n) is 7.28. The van der Waals surface area contributed by atoms with Crippen molar-refractivity contribution in [2.45, 2.75) is 25.6 Å². The van der Waals surface area contributed by atoms with Crippen LogP contribution in [0.5, 0.6) is 5.75 Å². The summed E-state index contributed by atoms with van der Waals surface area (Å²) >= 11 is 0. The smallest absolute Gasteiger partial charge is 0.435 e. The lowest BCUT2D eigenvalue weighted by atomic mass is 10.0. The Morgan fingerprint density at radius 1 is 1.24 bits per heavy atom. The number of nitrogens with zero attached hydrogens (tertiary/aromatic N) is 1. The topological polar surface area (TPSA) is 187 Å². The van der Waals surface area contributed by atoms with E-state index in [2.05, 4.69) is 10.3 Å². The first kappa shape index (κ1) is 25.0. The lowest BCUT2D eigenvalue weighted by molar-refractivity contribution is -0.142. The van der Waals surface area contributed by atoms with Crippen molar-refractivity contribution in [3.05, 3.63) is 64.1 Å². The van der Waals surface area contributed by atoms with Gasteiger partial charge in [-0.2, -0.15) is 0 Å². The Morgan fingerprint density at radius 3 is 2.56 bits per heavy atom. The third kappa shape index (κ3) is 5.81. The Bertz CT molecular complexity index is 1170. The van der Waals surface area contributed by atoms with E-state index in [4.69, 9.17) is 14.4 Å². The number of β-lactam (4-membered cyclic amide) rings is 1. The highest BCUT2D eigenvalue weighted by molar-refractivity contribution is 7.51. The summed E-state index contributed by atoms with van der Waals surface area (Å²) in [6.45, 7) is 0.944. The van der Waals surface area contributed by atoms with Gasteiger partial charge in [-0.05, 0) is 12.5 Å². The van der Waals surface area contributed by atoms with E-state index in [-0.39, 0.29) is 24.6 Å². The summed E-state index contributed by atoms with van der Waals surface area (Å²) in [7, 11) is -4.54. The molecule has 1 aromatic heterocycles. The Hall–Kier alpha value is -3.67. The maximum atomic E-state index is 12.3. The Morgan fingerprint density at radius 2 is 1.94 bits per heavy atom. The van der Waals surface area contributed by atoms with Crippen LogP contribution in [0.1, 0.15) is 23.0 Å². The molecule has 1 unspecified atom stereocenters. The van der Waals surface area contributed by atoms with Crippen molar-refractivity contribution in [1.82, 2.24) is 20.3 Å². The second-order valence-corrected chi connectivity index (χ2v) is 8.95. The van der Waals surface area contributed by atoms with Gasteiger partial charge in [0, 0.05) is 18.8 Å². The van der Waals surface area contributed by atoms with E-state index in [1.807, 2.05) is 35.6 Å². The van der Waals surface area contributed by atoms with Crippen molar-refractivity contribution in [2.24, 2.45) is 0 Å². The molecule has 5 N–H and O–H groups in total. The lowest BCUT2D eigenvalue weighted by Crippen LogP contribution is -2.68. The van der Waals surface area contributed by atoms with E-state index in [9.17, 15) is 28.6 Å². The predicted molar refractivity (Wildman–Crippen MR) is 117 cm³/mol. The number of aromatic amines is 1. The first-order chi connectivity index (χ1) is 16.1. The molecule has 13 nitrogen and oxygen atoms in total. The number of hydrogen-bond acceptors (Lipinski definition) is 7. The van der Waals surface area contributed by atoms with Crippen LogP contribution in [0.3, 0.4) is 0 Å². The molecule has 2 aromatic rings. The number of benzene rings is 1. The van der Waals surface area contributed by atoms with Crippen LogP contribution in [0.2, 0.25) is 0 Å². The van der Waals surface area contributed by atoms with Crippen LogP contribution >= 0.6 is 7.75 Å². The third-order valence-electron chi connectivity index (χ3n) is 4.92. The van der Waals surface area contributed by atoms with Crippen LogP contribution in [0, 0.1) is 0 Å². The van der Waals surface area contributed by atoms with Crippen LogP contribution in [0.15, 0.2) is 47.4 Å². The molecule has 3 rings (SSSR count). The van der Waals surface area contributed by atoms with Gasteiger partial charge in [-0.25, -0.2) is 14.0 Å². The van der Waals surface area contributed by atoms with Crippen molar-refractivity contribution >= 4 is 25.7 Å². The maximum absolute atomic E-state index is 12.3. The number of carbonyl (C=O) groups is 3. The van der Waals surface area contributed by atoms with Crippen LogP contribution in [-0.2, 0) is 20.5 Å². The number of pyridine rings is 1. The van der Waals surface area contributed by atoms with E-state index in [1.54, 1.807) is 0 Å². The average molecular weight is 494 g/mol. The van der Waals surface area contributed by atoms with Crippen molar-refractivity contribution in [1.29, 1.82) is 0 Å². The highest BCUT2D eigenvalue weighted by Crippen LogP contribution is 2.52. The number of aromatic nitrogens is 1. The summed E-state index contributed by atoms with van der Waals surface area (Å²) in [5.41, 5.74) is 0.303. The summed E-state index contributed by atoms with van der Waals surface area (Å²) in [5.74, 6) is -1.52. The Labute approximate surface area is 193 Å². The molecule has 182 valence electrons. The highest BCUT2D eigenvalue weighted by atomic mass is 31.2. The summed E-state index contributed by atoms with van der Waals surface area (Å²) < 4.78 is 23.2. The number of carbonyl (C=O) groups excluding carboxylic acids is 2. The molecule has 0 spiro atoms. The molecule has 1 aromatic carbocycles. The molecular weight excluding hydrogens is 471 g/mol. The molecule has 1 aliphatic heterocycles. The summed E-state index contributed by atoms with van der Waals surface area (Å²) in [5, 5.41) is 13.0. The van der Waals surface area contributed by atoms with Gasteiger partial charge < -0.3 is 30.4 Å². The first-order valence-corrected chi connectivity index (χ1v) is 11.6. The fourth-order valence-corrected chi connectivity index (χ4v) is 4.62. The molecule has 0 saturated carbocycles. The Balaban J connectivity index is 1.46. The van der Waals surface area contributed by atoms with Crippen molar-refractivity contribution in [3.63, 3.8) is 0 Å². The van der Waals surface area contributed by atoms with Crippen LogP contribution in [0.25, 0.3) is 0 Å². The SMILES string of the molecule is C[C@H]1[C@H](NC(=O)O)C(=O)N1P(=O)(O)OCCNC(=O)c1cc(=O)c(OCc2ccccc2)c[nH]1. The molecule has 1 fully saturated rings. The largest absolute Gasteiger partial charge is 0.483 e. The van der Waals surface area contributed by atoms with Crippen LogP contribution < -0.4 is 20.8 Å². The van der Waals surface area contributed by atoms with E-state index in [1.165, 1.54) is 13.1 Å². The van der Waals surface area contributed by atoms with E-state index in [0.717, 1.165) is 11.6 Å². The molecule has 2 heterocycles. The minimum absolute atomic E-state index is 0.0361. The van der Waals surface area contributed by atoms with Gasteiger partial charge in [0.25, 0.3) is 11.8 Å². The van der Waals surface area contributed by atoms with Gasteiger partial charge in [-0.15, -0.1) is 0 Å². The zero-order chi connectivity index (χ0) is 24.9. The van der Waals surface area contributed by atoms with Gasteiger partial charge in [-0.3, -0.25) is 18.9 Å². The number of amides is 3. The molecule has 1 saturated heterocycles. The van der Waals surface area contributed by atoms with Gasteiger partial charge in [0.05, 0.1) is 12.6 Å². The second kappa shape index (κ2) is 10.5. The first-order valence-electron chi connectivity index (χ1n) is 10.1. The van der Waals surface area contributed by atoms with Gasteiger partial charge >= 0.3 is 13.8 Å². The Kier molecular flexibility index (Phi) is 7.72. The quantitative estimate of drug-likeness (QED) is 0.180. The van der Waals surface area contributed by atoms with E-state index >= 15 is 0 Å². The number of carboxylic acid groups (broad SMARTS) is 1. The predicted octanol–water partition coefficient (Wildman–Crippen LogP) is 0.668. The molecule has 3 atom stereocenters. The zero-order valence-corrected chi connectivity index (χ0v) is 18.9. The summed E-state index contributed by atoms with van der Waals surface area (Å²) in [4.78, 5) is 59.7. The fourth-order valence-electron chi connectivity index (χ4n) is 3.20. The summed E-state index contributed by atoms with van der Waals surface area (Å²) in [6.07, 6.45) is -0.174. The molecule has 34 heavy (non-hydrogen) atoms. The standard InChI is InChI=1S/C20H23N4O9P/c1-12-17(23-20(28)29)19(27)24(12)34(30,31)33-8-7-21-18(26)14-9-15(25)16(10-22-14)32-11-13-5-3-2-4-6-13/h2-6,9-10,12,17,23H,7-8,11H2,1H3,(H,21,26)(H,22,25)(H,28,29)(H,30,31)/t12-,17-/m0/s1. The van der Waals surface area contributed by atoms with Crippen LogP contribution in [-0.4, -0.2) is 62.8 Å². The fraction of sp³-hybridized carbons (Fsp3) is 0.300. The normalized spacial score (nSPS) is 19.0.